The van der Waals surface area contributed by atoms with Crippen LogP contribution in [0.4, 0.5) is 0 Å². The van der Waals surface area contributed by atoms with Crippen molar-refractivity contribution in [1.29, 1.82) is 0 Å². The van der Waals surface area contributed by atoms with E-state index in [1.807, 2.05) is 28.4 Å². The molecule has 0 unspecified atom stereocenters. The Kier molecular flexibility index (Phi) is 5.34. The van der Waals surface area contributed by atoms with E-state index in [4.69, 9.17) is 4.42 Å². The zero-order chi connectivity index (χ0) is 14.7. The minimum Gasteiger partial charge on any atom is -0.444 e. The van der Waals surface area contributed by atoms with Crippen molar-refractivity contribution < 1.29 is 9.21 Å². The van der Waals surface area contributed by atoms with Gasteiger partial charge in [0.25, 0.3) is 5.91 Å². The summed E-state index contributed by atoms with van der Waals surface area (Å²) in [5, 5.41) is 0. The average Bonchev–Trinajstić information content (AvgIpc) is 3.16. The van der Waals surface area contributed by atoms with Crippen LogP contribution >= 0.6 is 39.5 Å². The van der Waals surface area contributed by atoms with Gasteiger partial charge in [0.2, 0.25) is 0 Å². The number of hydrogen-bond donors (Lipinski definition) is 0. The van der Waals surface area contributed by atoms with E-state index in [2.05, 4.69) is 20.9 Å². The number of likely N-dealkylation sites (tertiary alicyclic amines) is 1. The number of furan rings is 1. The minimum atomic E-state index is 0.00234. The number of carbonyl (C=O) groups excluding carboxylic acids is 1. The number of rotatable bonds is 3. The van der Waals surface area contributed by atoms with E-state index in [1.165, 1.54) is 4.38 Å². The SMILES string of the molecule is O=C(c1ccc(Br)o1)N1CCC(CSC2=NCCS2)CC1. The molecule has 0 saturated carbocycles. The van der Waals surface area contributed by atoms with Gasteiger partial charge in [0.15, 0.2) is 10.4 Å². The molecule has 1 saturated heterocycles. The van der Waals surface area contributed by atoms with Gasteiger partial charge in [-0.1, -0.05) is 23.5 Å². The second kappa shape index (κ2) is 7.24. The summed E-state index contributed by atoms with van der Waals surface area (Å²) < 4.78 is 7.19. The molecule has 0 atom stereocenters. The fourth-order valence-corrected chi connectivity index (χ4v) is 5.01. The van der Waals surface area contributed by atoms with E-state index in [0.29, 0.717) is 16.3 Å². The third-order valence-electron chi connectivity index (χ3n) is 3.69. The predicted molar refractivity (Wildman–Crippen MR) is 92.3 cm³/mol. The zero-order valence-electron chi connectivity index (χ0n) is 11.6. The van der Waals surface area contributed by atoms with Crippen LogP contribution in [0.3, 0.4) is 0 Å². The Morgan fingerprint density at radius 1 is 1.48 bits per heavy atom. The van der Waals surface area contributed by atoms with Crippen molar-refractivity contribution in [3.8, 4) is 0 Å². The Labute approximate surface area is 141 Å². The largest absolute Gasteiger partial charge is 0.444 e. The Morgan fingerprint density at radius 3 is 2.90 bits per heavy atom. The van der Waals surface area contributed by atoms with Gasteiger partial charge >= 0.3 is 0 Å². The van der Waals surface area contributed by atoms with Crippen molar-refractivity contribution in [3.63, 3.8) is 0 Å². The molecule has 0 N–H and O–H groups in total. The zero-order valence-corrected chi connectivity index (χ0v) is 14.8. The van der Waals surface area contributed by atoms with E-state index < -0.39 is 0 Å². The number of halogens is 1. The first-order chi connectivity index (χ1) is 10.2. The predicted octanol–water partition coefficient (Wildman–Crippen LogP) is 3.73. The van der Waals surface area contributed by atoms with E-state index in [-0.39, 0.29) is 5.91 Å². The number of thioether (sulfide) groups is 2. The highest BCUT2D eigenvalue weighted by Crippen LogP contribution is 2.28. The van der Waals surface area contributed by atoms with Gasteiger partial charge in [0.1, 0.15) is 4.38 Å². The molecule has 0 aromatic carbocycles. The van der Waals surface area contributed by atoms with Crippen molar-refractivity contribution in [3.05, 3.63) is 22.6 Å². The molecule has 3 rings (SSSR count). The maximum Gasteiger partial charge on any atom is 0.289 e. The topological polar surface area (TPSA) is 45.8 Å². The molecular formula is C14H17BrN2O2S2. The van der Waals surface area contributed by atoms with Crippen molar-refractivity contribution in [1.82, 2.24) is 4.90 Å². The van der Waals surface area contributed by atoms with Gasteiger partial charge in [-0.3, -0.25) is 9.79 Å². The maximum atomic E-state index is 12.3. The van der Waals surface area contributed by atoms with Crippen LogP contribution in [-0.4, -0.2) is 46.3 Å². The number of hydrogen-bond acceptors (Lipinski definition) is 5. The summed E-state index contributed by atoms with van der Waals surface area (Å²) >= 11 is 6.99. The van der Waals surface area contributed by atoms with Crippen LogP contribution in [0.2, 0.25) is 0 Å². The molecule has 1 amide bonds. The van der Waals surface area contributed by atoms with Gasteiger partial charge in [0, 0.05) is 24.6 Å². The third-order valence-corrected chi connectivity index (χ3v) is 6.60. The average molecular weight is 389 g/mol. The van der Waals surface area contributed by atoms with Gasteiger partial charge in [-0.15, -0.1) is 0 Å². The van der Waals surface area contributed by atoms with E-state index in [9.17, 15) is 4.79 Å². The molecule has 0 spiro atoms. The van der Waals surface area contributed by atoms with Gasteiger partial charge in [0.05, 0.1) is 6.54 Å². The van der Waals surface area contributed by atoms with Crippen molar-refractivity contribution in [2.75, 3.05) is 31.1 Å². The van der Waals surface area contributed by atoms with Crippen LogP contribution in [0.15, 0.2) is 26.2 Å². The normalized spacial score (nSPS) is 19.9. The summed E-state index contributed by atoms with van der Waals surface area (Å²) in [5.74, 6) is 3.37. The standard InChI is InChI=1S/C14H17BrN2O2S2/c15-12-2-1-11(19-12)13(18)17-6-3-10(4-7-17)9-21-14-16-5-8-20-14/h1-2,10H,3-9H2. The van der Waals surface area contributed by atoms with Crippen molar-refractivity contribution in [2.45, 2.75) is 12.8 Å². The molecule has 7 heteroatoms. The highest BCUT2D eigenvalue weighted by molar-refractivity contribution is 9.10. The number of amides is 1. The Bertz CT molecular complexity index is 539. The van der Waals surface area contributed by atoms with Crippen LogP contribution in [0.25, 0.3) is 0 Å². The van der Waals surface area contributed by atoms with E-state index in [0.717, 1.165) is 44.0 Å². The fraction of sp³-hybridized carbons (Fsp3) is 0.571. The molecule has 114 valence electrons. The molecule has 0 bridgehead atoms. The van der Waals surface area contributed by atoms with Crippen LogP contribution in [-0.2, 0) is 0 Å². The number of carbonyl (C=O) groups is 1. The maximum absolute atomic E-state index is 12.3. The van der Waals surface area contributed by atoms with E-state index >= 15 is 0 Å². The van der Waals surface area contributed by atoms with Crippen molar-refractivity contribution in [2.24, 2.45) is 10.9 Å². The van der Waals surface area contributed by atoms with E-state index in [1.54, 1.807) is 12.1 Å². The highest BCUT2D eigenvalue weighted by atomic mass is 79.9. The molecule has 1 aromatic heterocycles. The summed E-state index contributed by atoms with van der Waals surface area (Å²) in [4.78, 5) is 18.6. The van der Waals surface area contributed by atoms with Crippen LogP contribution < -0.4 is 0 Å². The molecular weight excluding hydrogens is 372 g/mol. The fourth-order valence-electron chi connectivity index (χ4n) is 2.48. The lowest BCUT2D eigenvalue weighted by Crippen LogP contribution is -2.38. The van der Waals surface area contributed by atoms with Gasteiger partial charge < -0.3 is 9.32 Å². The number of piperidine rings is 1. The molecule has 0 radical (unpaired) electrons. The molecule has 3 heterocycles. The summed E-state index contributed by atoms with van der Waals surface area (Å²) in [6.45, 7) is 2.61. The van der Waals surface area contributed by atoms with Crippen molar-refractivity contribution >= 4 is 49.7 Å². The first-order valence-corrected chi connectivity index (χ1v) is 9.83. The second-order valence-corrected chi connectivity index (χ2v) is 8.28. The Balaban J connectivity index is 1.45. The van der Waals surface area contributed by atoms with Gasteiger partial charge in [-0.25, -0.2) is 0 Å². The highest BCUT2D eigenvalue weighted by Gasteiger charge is 2.25. The van der Waals surface area contributed by atoms with Crippen LogP contribution in [0, 0.1) is 5.92 Å². The first kappa shape index (κ1) is 15.5. The van der Waals surface area contributed by atoms with Gasteiger partial charge in [-0.05, 0) is 46.8 Å². The third kappa shape index (κ3) is 4.07. The molecule has 21 heavy (non-hydrogen) atoms. The molecule has 2 aliphatic heterocycles. The van der Waals surface area contributed by atoms with Crippen LogP contribution in [0.5, 0.6) is 0 Å². The first-order valence-electron chi connectivity index (χ1n) is 7.07. The summed E-state index contributed by atoms with van der Waals surface area (Å²) in [7, 11) is 0. The van der Waals surface area contributed by atoms with Gasteiger partial charge in [-0.2, -0.15) is 0 Å². The summed E-state index contributed by atoms with van der Waals surface area (Å²) in [5.41, 5.74) is 0. The summed E-state index contributed by atoms with van der Waals surface area (Å²) in [6, 6.07) is 3.49. The van der Waals surface area contributed by atoms with Crippen LogP contribution in [0.1, 0.15) is 23.4 Å². The monoisotopic (exact) mass is 388 g/mol. The quantitative estimate of drug-likeness (QED) is 0.790. The lowest BCUT2D eigenvalue weighted by atomic mass is 9.99. The molecule has 0 aliphatic carbocycles. The Hall–Kier alpha value is -0.400. The lowest BCUT2D eigenvalue weighted by molar-refractivity contribution is 0.0665. The smallest absolute Gasteiger partial charge is 0.289 e. The molecule has 1 aromatic rings. The molecule has 4 nitrogen and oxygen atoms in total. The molecule has 1 fully saturated rings. The minimum absolute atomic E-state index is 0.00234. The molecule has 2 aliphatic rings. The number of nitrogens with zero attached hydrogens (tertiary/aromatic N) is 2. The lowest BCUT2D eigenvalue weighted by Gasteiger charge is -2.31. The number of aliphatic imine (C=N–C) groups is 1. The Morgan fingerprint density at radius 2 is 2.29 bits per heavy atom. The summed E-state index contributed by atoms with van der Waals surface area (Å²) in [6.07, 6.45) is 2.14. The second-order valence-electron chi connectivity index (χ2n) is 5.15.